The fraction of sp³-hybridized carbons (Fsp3) is 0.406. The first-order valence-corrected chi connectivity index (χ1v) is 13.4. The van der Waals surface area contributed by atoms with Crippen LogP contribution >= 0.6 is 0 Å². The normalized spacial score (nSPS) is 17.5. The van der Waals surface area contributed by atoms with Crippen LogP contribution in [0.3, 0.4) is 0 Å². The van der Waals surface area contributed by atoms with Crippen LogP contribution in [0.25, 0.3) is 11.1 Å². The van der Waals surface area contributed by atoms with E-state index >= 15 is 4.39 Å². The molecule has 1 aliphatic carbocycles. The van der Waals surface area contributed by atoms with Crippen LogP contribution < -0.4 is 9.47 Å². The molecule has 0 heterocycles. The summed E-state index contributed by atoms with van der Waals surface area (Å²) in [6.07, 6.45) is 9.97. The van der Waals surface area contributed by atoms with Crippen molar-refractivity contribution in [1.29, 1.82) is 0 Å². The van der Waals surface area contributed by atoms with Gasteiger partial charge in [0.15, 0.2) is 0 Å². The first-order chi connectivity index (χ1) is 17.6. The molecule has 1 fully saturated rings. The molecule has 3 aromatic carbocycles. The highest BCUT2D eigenvalue weighted by molar-refractivity contribution is 5.69. The highest BCUT2D eigenvalue weighted by Gasteiger charge is 2.23. The molecule has 36 heavy (non-hydrogen) atoms. The lowest BCUT2D eigenvalue weighted by atomic mass is 9.77. The van der Waals surface area contributed by atoms with Gasteiger partial charge in [0, 0.05) is 5.56 Å². The van der Waals surface area contributed by atoms with Crippen molar-refractivity contribution >= 4 is 6.16 Å². The van der Waals surface area contributed by atoms with E-state index < -0.39 is 6.16 Å². The molecule has 0 aliphatic heterocycles. The van der Waals surface area contributed by atoms with Gasteiger partial charge in [0.1, 0.15) is 17.3 Å². The van der Waals surface area contributed by atoms with E-state index in [1.807, 2.05) is 18.2 Å². The van der Waals surface area contributed by atoms with Crippen molar-refractivity contribution in [2.24, 2.45) is 5.92 Å². The van der Waals surface area contributed by atoms with E-state index in [0.717, 1.165) is 42.7 Å². The maximum Gasteiger partial charge on any atom is 0.519 e. The van der Waals surface area contributed by atoms with Gasteiger partial charge < -0.3 is 9.47 Å². The lowest BCUT2D eigenvalue weighted by Gasteiger charge is -2.29. The van der Waals surface area contributed by atoms with Crippen molar-refractivity contribution in [3.63, 3.8) is 0 Å². The SMILES string of the molecule is CCCCC1CCC(c2ccc(-c3ccc(OC(=O)Oc4ccc(CCC)cc4)cc3)c(F)c2)CC1. The number of halogens is 1. The average molecular weight is 489 g/mol. The second kappa shape index (κ2) is 12.7. The molecular formula is C32H37FO3. The van der Waals surface area contributed by atoms with E-state index in [4.69, 9.17) is 9.47 Å². The minimum absolute atomic E-state index is 0.208. The van der Waals surface area contributed by atoms with E-state index in [9.17, 15) is 4.79 Å². The first-order valence-electron chi connectivity index (χ1n) is 13.4. The van der Waals surface area contributed by atoms with Gasteiger partial charge in [0.05, 0.1) is 0 Å². The maximum atomic E-state index is 15.1. The van der Waals surface area contributed by atoms with Crippen molar-refractivity contribution in [3.05, 3.63) is 83.7 Å². The number of carbonyl (C=O) groups is 1. The standard InChI is InChI=1S/C32H37FO3/c1-3-5-7-24-8-12-25(13-9-24)27-16-21-30(31(33)22-27)26-14-19-29(20-15-26)36-32(34)35-28-17-10-23(6-4-2)11-18-28/h10-11,14-22,24-25H,3-9,12-13H2,1-2H3. The number of benzene rings is 3. The second-order valence-corrected chi connectivity index (χ2v) is 9.97. The number of rotatable bonds is 9. The van der Waals surface area contributed by atoms with Gasteiger partial charge in [-0.15, -0.1) is 0 Å². The molecule has 3 aromatic rings. The third kappa shape index (κ3) is 6.96. The Labute approximate surface area is 214 Å². The Morgan fingerprint density at radius 2 is 1.47 bits per heavy atom. The number of unbranched alkanes of at least 4 members (excludes halogenated alkanes) is 1. The van der Waals surface area contributed by atoms with Crippen LogP contribution in [0.2, 0.25) is 0 Å². The van der Waals surface area contributed by atoms with Crippen molar-refractivity contribution in [2.45, 2.75) is 77.6 Å². The molecule has 4 heteroatoms. The summed E-state index contributed by atoms with van der Waals surface area (Å²) < 4.78 is 25.6. The molecule has 190 valence electrons. The predicted molar refractivity (Wildman–Crippen MR) is 143 cm³/mol. The fourth-order valence-electron chi connectivity index (χ4n) is 5.23. The summed E-state index contributed by atoms with van der Waals surface area (Å²) in [5.74, 6) is 1.88. The molecule has 0 unspecified atom stereocenters. The van der Waals surface area contributed by atoms with Crippen LogP contribution in [0, 0.1) is 11.7 Å². The molecule has 1 aliphatic rings. The first kappa shape index (κ1) is 25.9. The van der Waals surface area contributed by atoms with Crippen LogP contribution in [-0.2, 0) is 6.42 Å². The lowest BCUT2D eigenvalue weighted by Crippen LogP contribution is -2.13. The van der Waals surface area contributed by atoms with Crippen LogP contribution in [0.5, 0.6) is 11.5 Å². The van der Waals surface area contributed by atoms with Crippen molar-refractivity contribution in [3.8, 4) is 22.6 Å². The molecular weight excluding hydrogens is 451 g/mol. The smallest absolute Gasteiger partial charge is 0.395 e. The summed E-state index contributed by atoms with van der Waals surface area (Å²) in [4.78, 5) is 12.2. The van der Waals surface area contributed by atoms with Gasteiger partial charge in [-0.05, 0) is 91.0 Å². The molecule has 0 N–H and O–H groups in total. The van der Waals surface area contributed by atoms with Gasteiger partial charge in [-0.25, -0.2) is 9.18 Å². The quantitative estimate of drug-likeness (QED) is 0.222. The molecule has 0 spiro atoms. The highest BCUT2D eigenvalue weighted by atomic mass is 19.1. The minimum atomic E-state index is -0.800. The molecule has 0 amide bonds. The molecule has 0 aromatic heterocycles. The van der Waals surface area contributed by atoms with Crippen LogP contribution in [-0.4, -0.2) is 6.16 Å². The zero-order valence-electron chi connectivity index (χ0n) is 21.5. The van der Waals surface area contributed by atoms with Gasteiger partial charge in [-0.1, -0.05) is 75.9 Å². The van der Waals surface area contributed by atoms with Crippen molar-refractivity contribution in [2.75, 3.05) is 0 Å². The van der Waals surface area contributed by atoms with E-state index in [-0.39, 0.29) is 5.82 Å². The van der Waals surface area contributed by atoms with Gasteiger partial charge in [0.25, 0.3) is 0 Å². The third-order valence-corrected chi connectivity index (χ3v) is 7.31. The van der Waals surface area contributed by atoms with Crippen molar-refractivity contribution in [1.82, 2.24) is 0 Å². The molecule has 3 nitrogen and oxygen atoms in total. The number of ether oxygens (including phenoxy) is 2. The Morgan fingerprint density at radius 1 is 0.833 bits per heavy atom. The van der Waals surface area contributed by atoms with E-state index in [0.29, 0.717) is 23.0 Å². The number of carbonyl (C=O) groups excluding carboxylic acids is 1. The monoisotopic (exact) mass is 488 g/mol. The summed E-state index contributed by atoms with van der Waals surface area (Å²) in [6.45, 7) is 4.37. The van der Waals surface area contributed by atoms with Crippen molar-refractivity contribution < 1.29 is 18.7 Å². The Morgan fingerprint density at radius 3 is 2.06 bits per heavy atom. The van der Waals surface area contributed by atoms with Gasteiger partial charge >= 0.3 is 6.16 Å². The summed E-state index contributed by atoms with van der Waals surface area (Å²) in [6, 6.07) is 19.9. The number of hydrogen-bond donors (Lipinski definition) is 0. The predicted octanol–water partition coefficient (Wildman–Crippen LogP) is 9.49. The lowest BCUT2D eigenvalue weighted by molar-refractivity contribution is 0.152. The summed E-state index contributed by atoms with van der Waals surface area (Å²) in [5.41, 5.74) is 3.60. The Kier molecular flexibility index (Phi) is 9.16. The Bertz CT molecular complexity index is 1110. The molecule has 0 atom stereocenters. The zero-order valence-corrected chi connectivity index (χ0v) is 21.5. The second-order valence-electron chi connectivity index (χ2n) is 9.97. The molecule has 0 radical (unpaired) electrons. The van der Waals surface area contributed by atoms with Crippen LogP contribution in [0.1, 0.15) is 82.3 Å². The Hall–Kier alpha value is -3.14. The van der Waals surface area contributed by atoms with Crippen LogP contribution in [0.4, 0.5) is 9.18 Å². The number of hydrogen-bond acceptors (Lipinski definition) is 3. The largest absolute Gasteiger partial charge is 0.519 e. The van der Waals surface area contributed by atoms with Gasteiger partial charge in [-0.3, -0.25) is 0 Å². The van der Waals surface area contributed by atoms with Gasteiger partial charge in [0.2, 0.25) is 0 Å². The molecule has 4 rings (SSSR count). The van der Waals surface area contributed by atoms with E-state index in [2.05, 4.69) is 19.9 Å². The minimum Gasteiger partial charge on any atom is -0.395 e. The molecule has 1 saturated carbocycles. The summed E-state index contributed by atoms with van der Waals surface area (Å²) in [7, 11) is 0. The highest BCUT2D eigenvalue weighted by Crippen LogP contribution is 2.39. The fourth-order valence-corrected chi connectivity index (χ4v) is 5.23. The molecule has 0 saturated heterocycles. The average Bonchev–Trinajstić information content (AvgIpc) is 2.89. The zero-order chi connectivity index (χ0) is 25.3. The number of aryl methyl sites for hydroxylation is 1. The summed E-state index contributed by atoms with van der Waals surface area (Å²) >= 11 is 0. The maximum absolute atomic E-state index is 15.1. The third-order valence-electron chi connectivity index (χ3n) is 7.31. The van der Waals surface area contributed by atoms with Crippen LogP contribution in [0.15, 0.2) is 66.7 Å². The Balaban J connectivity index is 1.33. The molecule has 0 bridgehead atoms. The van der Waals surface area contributed by atoms with E-state index in [1.54, 1.807) is 42.5 Å². The topological polar surface area (TPSA) is 35.5 Å². The van der Waals surface area contributed by atoms with E-state index in [1.165, 1.54) is 37.7 Å². The summed E-state index contributed by atoms with van der Waals surface area (Å²) in [5, 5.41) is 0. The van der Waals surface area contributed by atoms with Gasteiger partial charge in [-0.2, -0.15) is 0 Å².